The first kappa shape index (κ1) is 13.1. The number of phenols is 1. The summed E-state index contributed by atoms with van der Waals surface area (Å²) in [6.07, 6.45) is 2.69. The van der Waals surface area contributed by atoms with E-state index in [4.69, 9.17) is 0 Å². The fourth-order valence-electron chi connectivity index (χ4n) is 1.80. The Balaban J connectivity index is 3.29. The molecule has 1 rings (SSSR count). The smallest absolute Gasteiger partial charge is 0.131 e. The third-order valence-corrected chi connectivity index (χ3v) is 3.41. The topological polar surface area (TPSA) is 23.5 Å². The van der Waals surface area contributed by atoms with Crippen molar-refractivity contribution in [2.45, 2.75) is 20.3 Å². The fraction of sp³-hybridized carbons (Fsp3) is 0.385. The number of anilines is 1. The molecule has 0 aliphatic rings. The van der Waals surface area contributed by atoms with Gasteiger partial charge in [0.1, 0.15) is 5.75 Å². The van der Waals surface area contributed by atoms with Crippen molar-refractivity contribution in [3.63, 3.8) is 0 Å². The SMILES string of the molecule is C=CCc1ccc(O)c(Br)c1N(CC)CC. The van der Waals surface area contributed by atoms with Crippen LogP contribution in [0.4, 0.5) is 5.69 Å². The van der Waals surface area contributed by atoms with Crippen LogP contribution in [0.15, 0.2) is 29.3 Å². The standard InChI is InChI=1S/C13H18BrNO/c1-4-7-10-8-9-11(16)12(14)13(10)15(5-2)6-3/h4,8-9,16H,1,5-7H2,2-3H3. The molecule has 0 amide bonds. The molecule has 2 nitrogen and oxygen atoms in total. The van der Waals surface area contributed by atoms with E-state index in [0.29, 0.717) is 0 Å². The second kappa shape index (κ2) is 5.94. The van der Waals surface area contributed by atoms with E-state index in [2.05, 4.69) is 41.3 Å². The Morgan fingerprint density at radius 1 is 1.38 bits per heavy atom. The van der Waals surface area contributed by atoms with Crippen LogP contribution in [-0.4, -0.2) is 18.2 Å². The molecule has 0 saturated heterocycles. The summed E-state index contributed by atoms with van der Waals surface area (Å²) in [4.78, 5) is 2.22. The average Bonchev–Trinajstić information content (AvgIpc) is 2.29. The molecule has 1 aromatic rings. The highest BCUT2D eigenvalue weighted by atomic mass is 79.9. The maximum atomic E-state index is 9.73. The van der Waals surface area contributed by atoms with Gasteiger partial charge in [0.05, 0.1) is 10.2 Å². The van der Waals surface area contributed by atoms with Crippen LogP contribution >= 0.6 is 15.9 Å². The molecule has 0 radical (unpaired) electrons. The summed E-state index contributed by atoms with van der Waals surface area (Å²) in [5, 5.41) is 9.73. The molecule has 16 heavy (non-hydrogen) atoms. The quantitative estimate of drug-likeness (QED) is 0.833. The predicted molar refractivity (Wildman–Crippen MR) is 73.3 cm³/mol. The first-order valence-corrected chi connectivity index (χ1v) is 6.31. The van der Waals surface area contributed by atoms with Crippen molar-refractivity contribution in [3.8, 4) is 5.75 Å². The Labute approximate surface area is 106 Å². The van der Waals surface area contributed by atoms with Crippen LogP contribution in [0.25, 0.3) is 0 Å². The van der Waals surface area contributed by atoms with E-state index in [-0.39, 0.29) is 5.75 Å². The van der Waals surface area contributed by atoms with E-state index in [1.54, 1.807) is 6.07 Å². The van der Waals surface area contributed by atoms with Crippen LogP contribution in [0.1, 0.15) is 19.4 Å². The third kappa shape index (κ3) is 2.59. The summed E-state index contributed by atoms with van der Waals surface area (Å²) in [6.45, 7) is 9.82. The summed E-state index contributed by atoms with van der Waals surface area (Å²) in [7, 11) is 0. The van der Waals surface area contributed by atoms with Crippen molar-refractivity contribution >= 4 is 21.6 Å². The van der Waals surface area contributed by atoms with Gasteiger partial charge in [0.25, 0.3) is 0 Å². The van der Waals surface area contributed by atoms with E-state index in [0.717, 1.165) is 29.7 Å². The van der Waals surface area contributed by atoms with E-state index >= 15 is 0 Å². The van der Waals surface area contributed by atoms with E-state index < -0.39 is 0 Å². The average molecular weight is 284 g/mol. The van der Waals surface area contributed by atoms with Gasteiger partial charge in [0, 0.05) is 13.1 Å². The van der Waals surface area contributed by atoms with Crippen molar-refractivity contribution in [1.82, 2.24) is 0 Å². The van der Waals surface area contributed by atoms with Crippen molar-refractivity contribution < 1.29 is 5.11 Å². The molecule has 88 valence electrons. The number of nitrogens with zero attached hydrogens (tertiary/aromatic N) is 1. The third-order valence-electron chi connectivity index (χ3n) is 2.62. The number of phenolic OH excluding ortho intramolecular Hbond substituents is 1. The van der Waals surface area contributed by atoms with Crippen LogP contribution in [0.5, 0.6) is 5.75 Å². The normalized spacial score (nSPS) is 10.2. The summed E-state index contributed by atoms with van der Waals surface area (Å²) < 4.78 is 0.774. The minimum Gasteiger partial charge on any atom is -0.507 e. The van der Waals surface area contributed by atoms with Crippen LogP contribution in [0, 0.1) is 0 Å². The highest BCUT2D eigenvalue weighted by Gasteiger charge is 2.14. The molecular formula is C13H18BrNO. The Hall–Kier alpha value is -0.960. The second-order valence-corrected chi connectivity index (χ2v) is 4.36. The first-order chi connectivity index (χ1) is 7.65. The van der Waals surface area contributed by atoms with Gasteiger partial charge in [0.15, 0.2) is 0 Å². The number of rotatable bonds is 5. The highest BCUT2D eigenvalue weighted by molar-refractivity contribution is 9.10. The Morgan fingerprint density at radius 3 is 2.50 bits per heavy atom. The Morgan fingerprint density at radius 2 is 2.00 bits per heavy atom. The number of hydrogen-bond donors (Lipinski definition) is 1. The molecule has 3 heteroatoms. The minimum absolute atomic E-state index is 0.287. The Kier molecular flexibility index (Phi) is 4.87. The number of aromatic hydroxyl groups is 1. The van der Waals surface area contributed by atoms with Gasteiger partial charge in [-0.1, -0.05) is 12.1 Å². The largest absolute Gasteiger partial charge is 0.507 e. The first-order valence-electron chi connectivity index (χ1n) is 5.51. The number of allylic oxidation sites excluding steroid dienone is 1. The van der Waals surface area contributed by atoms with Crippen LogP contribution in [0.3, 0.4) is 0 Å². The molecular weight excluding hydrogens is 266 g/mol. The number of halogens is 1. The maximum Gasteiger partial charge on any atom is 0.131 e. The van der Waals surface area contributed by atoms with Crippen molar-refractivity contribution in [2.75, 3.05) is 18.0 Å². The van der Waals surface area contributed by atoms with E-state index in [9.17, 15) is 5.11 Å². The predicted octanol–water partition coefficient (Wildman–Crippen LogP) is 3.73. The molecule has 1 N–H and O–H groups in total. The van der Waals surface area contributed by atoms with Crippen molar-refractivity contribution in [3.05, 3.63) is 34.8 Å². The van der Waals surface area contributed by atoms with Gasteiger partial charge >= 0.3 is 0 Å². The molecule has 0 aromatic heterocycles. The van der Waals surface area contributed by atoms with Gasteiger partial charge in [-0.15, -0.1) is 6.58 Å². The lowest BCUT2D eigenvalue weighted by molar-refractivity contribution is 0.471. The lowest BCUT2D eigenvalue weighted by atomic mass is 10.1. The highest BCUT2D eigenvalue weighted by Crippen LogP contribution is 2.37. The van der Waals surface area contributed by atoms with Gasteiger partial charge in [0.2, 0.25) is 0 Å². The zero-order chi connectivity index (χ0) is 12.1. The van der Waals surface area contributed by atoms with Crippen molar-refractivity contribution in [2.24, 2.45) is 0 Å². The summed E-state index contributed by atoms with van der Waals surface area (Å²) >= 11 is 3.46. The number of benzene rings is 1. The van der Waals surface area contributed by atoms with Gasteiger partial charge in [-0.25, -0.2) is 0 Å². The fourth-order valence-corrected chi connectivity index (χ4v) is 2.43. The molecule has 0 unspecified atom stereocenters. The monoisotopic (exact) mass is 283 g/mol. The van der Waals surface area contributed by atoms with Crippen LogP contribution < -0.4 is 4.90 Å². The molecule has 0 aliphatic heterocycles. The minimum atomic E-state index is 0.287. The Bertz CT molecular complexity index is 372. The molecule has 0 fully saturated rings. The van der Waals surface area contributed by atoms with Gasteiger partial charge < -0.3 is 10.0 Å². The van der Waals surface area contributed by atoms with Gasteiger partial charge in [-0.2, -0.15) is 0 Å². The summed E-state index contributed by atoms with van der Waals surface area (Å²) in [6, 6.07) is 3.67. The van der Waals surface area contributed by atoms with Gasteiger partial charge in [-0.3, -0.25) is 0 Å². The molecule has 0 spiro atoms. The number of hydrogen-bond acceptors (Lipinski definition) is 2. The lowest BCUT2D eigenvalue weighted by Crippen LogP contribution is -2.23. The lowest BCUT2D eigenvalue weighted by Gasteiger charge is -2.25. The van der Waals surface area contributed by atoms with Crippen LogP contribution in [0.2, 0.25) is 0 Å². The summed E-state index contributed by atoms with van der Waals surface area (Å²) in [5.41, 5.74) is 2.26. The molecule has 0 atom stereocenters. The molecule has 0 saturated carbocycles. The molecule has 1 aromatic carbocycles. The second-order valence-electron chi connectivity index (χ2n) is 3.57. The molecule has 0 bridgehead atoms. The van der Waals surface area contributed by atoms with E-state index in [1.807, 2.05) is 12.1 Å². The van der Waals surface area contributed by atoms with Crippen molar-refractivity contribution in [1.29, 1.82) is 0 Å². The maximum absolute atomic E-state index is 9.73. The van der Waals surface area contributed by atoms with Crippen LogP contribution in [-0.2, 0) is 6.42 Å². The molecule has 0 heterocycles. The zero-order valence-corrected chi connectivity index (χ0v) is 11.4. The zero-order valence-electron chi connectivity index (χ0n) is 9.83. The molecule has 0 aliphatic carbocycles. The van der Waals surface area contributed by atoms with E-state index in [1.165, 1.54) is 5.56 Å². The summed E-state index contributed by atoms with van der Waals surface area (Å²) in [5.74, 6) is 0.287. The van der Waals surface area contributed by atoms with Gasteiger partial charge in [-0.05, 0) is 47.8 Å².